The van der Waals surface area contributed by atoms with Gasteiger partial charge in [0.05, 0.1) is 14.2 Å². The monoisotopic (exact) mass is 297 g/mol. The largest absolute Gasteiger partial charge is 0.497 e. The molecule has 0 radical (unpaired) electrons. The minimum Gasteiger partial charge on any atom is -0.497 e. The van der Waals surface area contributed by atoms with Gasteiger partial charge in [-0.05, 0) is 43.3 Å². The predicted octanol–water partition coefficient (Wildman–Crippen LogP) is 3.90. The highest BCUT2D eigenvalue weighted by Crippen LogP contribution is 2.18. The summed E-state index contributed by atoms with van der Waals surface area (Å²) in [5, 5.41) is 3.18. The molecule has 4 nitrogen and oxygen atoms in total. The lowest BCUT2D eigenvalue weighted by molar-refractivity contribution is 0.104. The van der Waals surface area contributed by atoms with Crippen LogP contribution in [0.5, 0.6) is 11.5 Å². The number of hydrogen-bond donors (Lipinski definition) is 1. The van der Waals surface area contributed by atoms with Gasteiger partial charge < -0.3 is 14.8 Å². The van der Waals surface area contributed by atoms with Crippen molar-refractivity contribution in [2.75, 3.05) is 19.5 Å². The summed E-state index contributed by atoms with van der Waals surface area (Å²) >= 11 is 0. The molecular formula is C18H19NO3. The summed E-state index contributed by atoms with van der Waals surface area (Å²) in [6.07, 6.45) is 1.57. The highest BCUT2D eigenvalue weighted by Gasteiger charge is 2.04. The van der Waals surface area contributed by atoms with Crippen molar-refractivity contribution in [2.24, 2.45) is 0 Å². The lowest BCUT2D eigenvalue weighted by Gasteiger charge is -2.08. The first-order valence-electron chi connectivity index (χ1n) is 6.90. The lowest BCUT2D eigenvalue weighted by atomic mass is 10.1. The zero-order valence-electron chi connectivity index (χ0n) is 12.9. The van der Waals surface area contributed by atoms with E-state index in [1.807, 2.05) is 31.2 Å². The third-order valence-electron chi connectivity index (χ3n) is 3.13. The predicted molar refractivity (Wildman–Crippen MR) is 87.7 cm³/mol. The Hall–Kier alpha value is -2.75. The van der Waals surface area contributed by atoms with Crippen molar-refractivity contribution >= 4 is 11.5 Å². The molecule has 0 aliphatic rings. The molecule has 0 saturated heterocycles. The summed E-state index contributed by atoms with van der Waals surface area (Å²) in [4.78, 5) is 12.2. The molecule has 1 N–H and O–H groups in total. The molecule has 0 saturated carbocycles. The van der Waals surface area contributed by atoms with Crippen LogP contribution in [-0.2, 0) is 0 Å². The second-order valence-electron chi connectivity index (χ2n) is 4.78. The Morgan fingerprint density at radius 1 is 1.00 bits per heavy atom. The molecule has 114 valence electrons. The van der Waals surface area contributed by atoms with Gasteiger partial charge >= 0.3 is 0 Å². The van der Waals surface area contributed by atoms with E-state index in [0.717, 1.165) is 22.9 Å². The van der Waals surface area contributed by atoms with E-state index in [-0.39, 0.29) is 5.78 Å². The number of ether oxygens (including phenoxy) is 2. The fraction of sp³-hybridized carbons (Fsp3) is 0.167. The molecule has 0 heterocycles. The molecule has 2 aromatic carbocycles. The van der Waals surface area contributed by atoms with E-state index >= 15 is 0 Å². The summed E-state index contributed by atoms with van der Waals surface area (Å²) in [6.45, 7) is 1.85. The van der Waals surface area contributed by atoms with Crippen LogP contribution in [0.3, 0.4) is 0 Å². The number of benzene rings is 2. The number of anilines is 1. The van der Waals surface area contributed by atoms with Gasteiger partial charge in [-0.2, -0.15) is 0 Å². The van der Waals surface area contributed by atoms with Crippen LogP contribution < -0.4 is 14.8 Å². The van der Waals surface area contributed by atoms with E-state index in [2.05, 4.69) is 5.32 Å². The SMILES string of the molecule is COc1ccc(C(=O)/C=C(\C)Nc2cccc(OC)c2)cc1. The summed E-state index contributed by atoms with van der Waals surface area (Å²) in [5.74, 6) is 1.43. The topological polar surface area (TPSA) is 47.6 Å². The van der Waals surface area contributed by atoms with Crippen LogP contribution in [0.1, 0.15) is 17.3 Å². The van der Waals surface area contributed by atoms with Gasteiger partial charge in [-0.1, -0.05) is 6.07 Å². The van der Waals surface area contributed by atoms with Crippen LogP contribution in [0.2, 0.25) is 0 Å². The molecule has 2 aromatic rings. The maximum atomic E-state index is 12.2. The molecule has 0 unspecified atom stereocenters. The minimum absolute atomic E-state index is 0.0597. The molecule has 0 fully saturated rings. The van der Waals surface area contributed by atoms with E-state index in [1.165, 1.54) is 0 Å². The second kappa shape index (κ2) is 7.31. The lowest BCUT2D eigenvalue weighted by Crippen LogP contribution is -2.01. The van der Waals surface area contributed by atoms with E-state index in [9.17, 15) is 4.79 Å². The van der Waals surface area contributed by atoms with Gasteiger partial charge in [-0.15, -0.1) is 0 Å². The Kier molecular flexibility index (Phi) is 5.20. The molecule has 4 heteroatoms. The van der Waals surface area contributed by atoms with Gasteiger partial charge in [-0.3, -0.25) is 4.79 Å². The normalized spacial score (nSPS) is 11.0. The Morgan fingerprint density at radius 3 is 2.32 bits per heavy atom. The number of rotatable bonds is 6. The molecule has 0 aliphatic heterocycles. The molecule has 0 spiro atoms. The average molecular weight is 297 g/mol. The number of carbonyl (C=O) groups excluding carboxylic acids is 1. The molecule has 22 heavy (non-hydrogen) atoms. The molecule has 0 atom stereocenters. The Morgan fingerprint density at radius 2 is 1.68 bits per heavy atom. The second-order valence-corrected chi connectivity index (χ2v) is 4.78. The van der Waals surface area contributed by atoms with E-state index < -0.39 is 0 Å². The molecule has 0 aromatic heterocycles. The maximum Gasteiger partial charge on any atom is 0.187 e. The Labute approximate surface area is 130 Å². The molecule has 0 amide bonds. The molecule has 2 rings (SSSR count). The zero-order chi connectivity index (χ0) is 15.9. The first kappa shape index (κ1) is 15.6. The maximum absolute atomic E-state index is 12.2. The van der Waals surface area contributed by atoms with Crippen LogP contribution in [0, 0.1) is 0 Å². The summed E-state index contributed by atoms with van der Waals surface area (Å²) in [5.41, 5.74) is 2.25. The quantitative estimate of drug-likeness (QED) is 0.649. The first-order chi connectivity index (χ1) is 10.6. The van der Waals surface area contributed by atoms with Crippen LogP contribution in [0.25, 0.3) is 0 Å². The van der Waals surface area contributed by atoms with Crippen LogP contribution in [0.15, 0.2) is 60.3 Å². The van der Waals surface area contributed by atoms with Crippen molar-refractivity contribution < 1.29 is 14.3 Å². The number of methoxy groups -OCH3 is 2. The highest BCUT2D eigenvalue weighted by atomic mass is 16.5. The minimum atomic E-state index is -0.0597. The standard InChI is InChI=1S/C18H19NO3/c1-13(19-15-5-4-6-17(12-15)22-3)11-18(20)14-7-9-16(21-2)10-8-14/h4-12,19H,1-3H3/b13-11+. The van der Waals surface area contributed by atoms with E-state index in [0.29, 0.717) is 5.56 Å². The van der Waals surface area contributed by atoms with E-state index in [1.54, 1.807) is 44.6 Å². The number of hydrogen-bond acceptors (Lipinski definition) is 4. The van der Waals surface area contributed by atoms with Crippen molar-refractivity contribution in [1.82, 2.24) is 0 Å². The summed E-state index contributed by atoms with van der Waals surface area (Å²) in [6, 6.07) is 14.6. The Balaban J connectivity index is 2.08. The van der Waals surface area contributed by atoms with Crippen molar-refractivity contribution in [2.45, 2.75) is 6.92 Å². The summed E-state index contributed by atoms with van der Waals surface area (Å²) in [7, 11) is 3.22. The molecular weight excluding hydrogens is 278 g/mol. The number of allylic oxidation sites excluding steroid dienone is 2. The highest BCUT2D eigenvalue weighted by molar-refractivity contribution is 6.05. The zero-order valence-corrected chi connectivity index (χ0v) is 12.9. The van der Waals surface area contributed by atoms with Crippen molar-refractivity contribution in [3.63, 3.8) is 0 Å². The van der Waals surface area contributed by atoms with Gasteiger partial charge in [0, 0.05) is 29.1 Å². The van der Waals surface area contributed by atoms with Crippen LogP contribution in [-0.4, -0.2) is 20.0 Å². The smallest absolute Gasteiger partial charge is 0.187 e. The van der Waals surface area contributed by atoms with Gasteiger partial charge in [0.1, 0.15) is 11.5 Å². The van der Waals surface area contributed by atoms with Gasteiger partial charge in [0.25, 0.3) is 0 Å². The fourth-order valence-electron chi connectivity index (χ4n) is 2.00. The van der Waals surface area contributed by atoms with Crippen LogP contribution >= 0.6 is 0 Å². The van der Waals surface area contributed by atoms with Crippen LogP contribution in [0.4, 0.5) is 5.69 Å². The third kappa shape index (κ3) is 4.12. The number of ketones is 1. The molecule has 0 bridgehead atoms. The fourth-order valence-corrected chi connectivity index (χ4v) is 2.00. The van der Waals surface area contributed by atoms with Crippen molar-refractivity contribution in [1.29, 1.82) is 0 Å². The first-order valence-corrected chi connectivity index (χ1v) is 6.90. The van der Waals surface area contributed by atoms with Gasteiger partial charge in [-0.25, -0.2) is 0 Å². The summed E-state index contributed by atoms with van der Waals surface area (Å²) < 4.78 is 10.3. The third-order valence-corrected chi connectivity index (χ3v) is 3.13. The van der Waals surface area contributed by atoms with Gasteiger partial charge in [0.2, 0.25) is 0 Å². The van der Waals surface area contributed by atoms with Crippen molar-refractivity contribution in [3.8, 4) is 11.5 Å². The number of carbonyl (C=O) groups is 1. The molecule has 0 aliphatic carbocycles. The van der Waals surface area contributed by atoms with Gasteiger partial charge in [0.15, 0.2) is 5.78 Å². The Bertz CT molecular complexity index is 675. The number of nitrogens with one attached hydrogen (secondary N) is 1. The van der Waals surface area contributed by atoms with E-state index in [4.69, 9.17) is 9.47 Å². The van der Waals surface area contributed by atoms with Crippen molar-refractivity contribution in [3.05, 3.63) is 65.9 Å². The average Bonchev–Trinajstić information content (AvgIpc) is 2.55.